The highest BCUT2D eigenvalue weighted by Gasteiger charge is 2.20. The highest BCUT2D eigenvalue weighted by molar-refractivity contribution is 5.96. The minimum absolute atomic E-state index is 0. The third-order valence-electron chi connectivity index (χ3n) is 3.09. The maximum Gasteiger partial charge on any atom is 0.251 e. The summed E-state index contributed by atoms with van der Waals surface area (Å²) >= 11 is 0. The van der Waals surface area contributed by atoms with E-state index in [-0.39, 0.29) is 18.3 Å². The fraction of sp³-hybridized carbons (Fsp3) is 0.500. The topological polar surface area (TPSA) is 64.4 Å². The molecule has 5 heteroatoms. The van der Waals surface area contributed by atoms with Gasteiger partial charge in [-0.05, 0) is 43.4 Å². The molecule has 0 spiro atoms. The van der Waals surface area contributed by atoms with Crippen LogP contribution >= 0.6 is 12.4 Å². The number of benzene rings is 1. The summed E-state index contributed by atoms with van der Waals surface area (Å²) in [6, 6.07) is 5.36. The summed E-state index contributed by atoms with van der Waals surface area (Å²) in [6.07, 6.45) is 2.57. The predicted octanol–water partition coefficient (Wildman–Crippen LogP) is 2.16. The summed E-state index contributed by atoms with van der Waals surface area (Å²) in [4.78, 5) is 11.9. The number of hydrogen-bond donors (Lipinski definition) is 2. The van der Waals surface area contributed by atoms with Crippen LogP contribution < -0.4 is 11.1 Å². The number of ether oxygens (including phenoxy) is 1. The molecule has 1 amide bonds. The summed E-state index contributed by atoms with van der Waals surface area (Å²) in [5.41, 5.74) is 7.85. The van der Waals surface area contributed by atoms with E-state index in [1.54, 1.807) is 12.1 Å². The second-order valence-corrected chi connectivity index (χ2v) is 4.85. The fourth-order valence-electron chi connectivity index (χ4n) is 1.75. The van der Waals surface area contributed by atoms with E-state index in [1.807, 2.05) is 13.0 Å². The van der Waals surface area contributed by atoms with E-state index in [9.17, 15) is 4.79 Å². The predicted molar refractivity (Wildman–Crippen MR) is 78.7 cm³/mol. The summed E-state index contributed by atoms with van der Waals surface area (Å²) in [6.45, 7) is 3.84. The molecule has 1 aliphatic rings. The third-order valence-corrected chi connectivity index (χ3v) is 3.09. The van der Waals surface area contributed by atoms with Crippen molar-refractivity contribution in [1.82, 2.24) is 5.32 Å². The average molecular weight is 285 g/mol. The van der Waals surface area contributed by atoms with Gasteiger partial charge in [-0.3, -0.25) is 4.79 Å². The van der Waals surface area contributed by atoms with Gasteiger partial charge in [0.1, 0.15) is 0 Å². The Balaban J connectivity index is 0.00000180. The molecule has 0 bridgehead atoms. The molecule has 0 saturated heterocycles. The molecule has 1 aromatic rings. The molecule has 1 saturated carbocycles. The van der Waals surface area contributed by atoms with Crippen LogP contribution in [0.5, 0.6) is 0 Å². The normalized spacial score (nSPS) is 13.7. The molecular weight excluding hydrogens is 264 g/mol. The van der Waals surface area contributed by atoms with E-state index in [0.29, 0.717) is 24.4 Å². The van der Waals surface area contributed by atoms with Gasteiger partial charge in [0.25, 0.3) is 5.91 Å². The van der Waals surface area contributed by atoms with Gasteiger partial charge in [-0.2, -0.15) is 0 Å². The lowest BCUT2D eigenvalue weighted by Crippen LogP contribution is -2.28. The molecule has 0 atom stereocenters. The first-order valence-electron chi connectivity index (χ1n) is 6.39. The zero-order chi connectivity index (χ0) is 13.0. The number of aryl methyl sites for hydroxylation is 1. The van der Waals surface area contributed by atoms with Gasteiger partial charge < -0.3 is 15.8 Å². The van der Waals surface area contributed by atoms with Crippen LogP contribution in [0.25, 0.3) is 0 Å². The van der Waals surface area contributed by atoms with Crippen LogP contribution in [0.15, 0.2) is 18.2 Å². The summed E-state index contributed by atoms with van der Waals surface area (Å²) in [7, 11) is 0. The lowest BCUT2D eigenvalue weighted by molar-refractivity contribution is 0.0906. The zero-order valence-electron chi connectivity index (χ0n) is 11.1. The largest absolute Gasteiger partial charge is 0.399 e. The molecule has 4 nitrogen and oxygen atoms in total. The van der Waals surface area contributed by atoms with E-state index in [0.717, 1.165) is 18.1 Å². The number of nitrogens with two attached hydrogens (primary N) is 1. The smallest absolute Gasteiger partial charge is 0.251 e. The van der Waals surface area contributed by atoms with E-state index < -0.39 is 0 Å². The fourth-order valence-corrected chi connectivity index (χ4v) is 1.75. The lowest BCUT2D eigenvalue weighted by Gasteiger charge is -2.08. The minimum atomic E-state index is -0.0881. The van der Waals surface area contributed by atoms with Crippen LogP contribution in [-0.4, -0.2) is 25.7 Å². The molecule has 0 radical (unpaired) electrons. The van der Waals surface area contributed by atoms with Crippen molar-refractivity contribution in [3.05, 3.63) is 29.3 Å². The molecule has 1 fully saturated rings. The summed E-state index contributed by atoms with van der Waals surface area (Å²) in [5, 5.41) is 2.84. The molecule has 0 aromatic heterocycles. The number of amides is 1. The Kier molecular flexibility index (Phi) is 6.12. The number of carbonyl (C=O) groups is 1. The Labute approximate surface area is 120 Å². The van der Waals surface area contributed by atoms with Crippen molar-refractivity contribution < 1.29 is 9.53 Å². The Morgan fingerprint density at radius 1 is 1.47 bits per heavy atom. The first kappa shape index (κ1) is 15.8. The van der Waals surface area contributed by atoms with Crippen LogP contribution in [0, 0.1) is 12.8 Å². The van der Waals surface area contributed by atoms with Crippen molar-refractivity contribution >= 4 is 24.0 Å². The lowest BCUT2D eigenvalue weighted by atomic mass is 10.1. The average Bonchev–Trinajstić information content (AvgIpc) is 3.15. The van der Waals surface area contributed by atoms with Gasteiger partial charge in [-0.15, -0.1) is 12.4 Å². The highest BCUT2D eigenvalue weighted by Crippen LogP contribution is 2.28. The van der Waals surface area contributed by atoms with Crippen LogP contribution in [0.3, 0.4) is 0 Å². The Bertz CT molecular complexity index is 433. The van der Waals surface area contributed by atoms with Gasteiger partial charge in [0.05, 0.1) is 6.61 Å². The van der Waals surface area contributed by atoms with Crippen molar-refractivity contribution in [2.24, 2.45) is 5.92 Å². The minimum Gasteiger partial charge on any atom is -0.399 e. The van der Waals surface area contributed by atoms with Gasteiger partial charge in [-0.25, -0.2) is 0 Å². The second kappa shape index (κ2) is 7.36. The third kappa shape index (κ3) is 5.09. The maximum absolute atomic E-state index is 11.9. The quantitative estimate of drug-likeness (QED) is 0.621. The number of anilines is 1. The molecule has 106 valence electrons. The van der Waals surface area contributed by atoms with Crippen LogP contribution in [0.1, 0.15) is 28.8 Å². The van der Waals surface area contributed by atoms with Gasteiger partial charge in [0, 0.05) is 24.4 Å². The SMILES string of the molecule is Cc1ccc(N)cc1C(=O)NCCOCC1CC1.Cl. The molecule has 1 aromatic carbocycles. The van der Waals surface area contributed by atoms with E-state index in [4.69, 9.17) is 10.5 Å². The standard InChI is InChI=1S/C14H20N2O2.ClH/c1-10-2-5-12(15)8-13(10)14(17)16-6-7-18-9-11-3-4-11;/h2,5,8,11H,3-4,6-7,9,15H2,1H3,(H,16,17);1H. The number of hydrogen-bond acceptors (Lipinski definition) is 3. The first-order chi connectivity index (χ1) is 8.66. The Hall–Kier alpha value is -1.26. The molecule has 2 rings (SSSR count). The summed E-state index contributed by atoms with van der Waals surface area (Å²) < 4.78 is 5.46. The van der Waals surface area contributed by atoms with Crippen molar-refractivity contribution in [2.45, 2.75) is 19.8 Å². The van der Waals surface area contributed by atoms with Crippen molar-refractivity contribution in [2.75, 3.05) is 25.5 Å². The van der Waals surface area contributed by atoms with Crippen LogP contribution in [0.2, 0.25) is 0 Å². The zero-order valence-corrected chi connectivity index (χ0v) is 12.0. The molecule has 0 heterocycles. The van der Waals surface area contributed by atoms with Gasteiger partial charge in [0.2, 0.25) is 0 Å². The van der Waals surface area contributed by atoms with Crippen LogP contribution in [0.4, 0.5) is 5.69 Å². The molecular formula is C14H21ClN2O2. The molecule has 1 aliphatic carbocycles. The first-order valence-corrected chi connectivity index (χ1v) is 6.39. The Morgan fingerprint density at radius 3 is 2.89 bits per heavy atom. The molecule has 0 aliphatic heterocycles. The van der Waals surface area contributed by atoms with Crippen molar-refractivity contribution in [3.8, 4) is 0 Å². The van der Waals surface area contributed by atoms with Gasteiger partial charge in [0.15, 0.2) is 0 Å². The highest BCUT2D eigenvalue weighted by atomic mass is 35.5. The monoisotopic (exact) mass is 284 g/mol. The van der Waals surface area contributed by atoms with Gasteiger partial charge >= 0.3 is 0 Å². The van der Waals surface area contributed by atoms with Gasteiger partial charge in [-0.1, -0.05) is 6.07 Å². The maximum atomic E-state index is 11.9. The van der Waals surface area contributed by atoms with E-state index in [2.05, 4.69) is 5.32 Å². The number of carbonyl (C=O) groups excluding carboxylic acids is 1. The van der Waals surface area contributed by atoms with Crippen LogP contribution in [-0.2, 0) is 4.74 Å². The molecule has 19 heavy (non-hydrogen) atoms. The molecule has 3 N–H and O–H groups in total. The number of nitrogen functional groups attached to an aromatic ring is 1. The number of rotatable bonds is 6. The van der Waals surface area contributed by atoms with Crippen molar-refractivity contribution in [1.29, 1.82) is 0 Å². The summed E-state index contributed by atoms with van der Waals surface area (Å²) in [5.74, 6) is 0.673. The number of nitrogens with one attached hydrogen (secondary N) is 1. The Morgan fingerprint density at radius 2 is 2.21 bits per heavy atom. The number of halogens is 1. The van der Waals surface area contributed by atoms with E-state index >= 15 is 0 Å². The second-order valence-electron chi connectivity index (χ2n) is 4.85. The van der Waals surface area contributed by atoms with Crippen molar-refractivity contribution in [3.63, 3.8) is 0 Å². The molecule has 0 unspecified atom stereocenters. The van der Waals surface area contributed by atoms with E-state index in [1.165, 1.54) is 12.8 Å².